The Labute approximate surface area is 54.9 Å². The normalized spacial score (nSPS) is 19.4. The summed E-state index contributed by atoms with van der Waals surface area (Å²) in [6.45, 7) is 6.26. The van der Waals surface area contributed by atoms with Crippen molar-refractivity contribution in [1.82, 2.24) is 16.1 Å². The predicted octanol–water partition coefficient (Wildman–Crippen LogP) is 0.0530. The molecule has 4 heteroatoms. The summed E-state index contributed by atoms with van der Waals surface area (Å²) in [5, 5.41) is 5.60. The fourth-order valence-electron chi connectivity index (χ4n) is 0.546. The van der Waals surface area contributed by atoms with E-state index >= 15 is 0 Å². The predicted molar refractivity (Wildman–Crippen MR) is 36.4 cm³/mol. The minimum atomic E-state index is 0.0660. The van der Waals surface area contributed by atoms with Gasteiger partial charge in [-0.3, -0.25) is 5.43 Å². The summed E-state index contributed by atoms with van der Waals surface area (Å²) in [5.74, 6) is 0. The highest BCUT2D eigenvalue weighted by Gasteiger charge is 2.21. The van der Waals surface area contributed by atoms with Crippen molar-refractivity contribution in [3.05, 3.63) is 0 Å². The van der Waals surface area contributed by atoms with Crippen molar-refractivity contribution >= 4 is 6.34 Å². The molecule has 0 spiro atoms. The van der Waals surface area contributed by atoms with Crippen LogP contribution in [0.15, 0.2) is 5.10 Å². The molecule has 0 aliphatic carbocycles. The molecule has 0 amide bonds. The van der Waals surface area contributed by atoms with E-state index in [1.807, 2.05) is 5.12 Å². The van der Waals surface area contributed by atoms with Crippen molar-refractivity contribution in [3.8, 4) is 0 Å². The van der Waals surface area contributed by atoms with E-state index in [2.05, 4.69) is 36.8 Å². The highest BCUT2D eigenvalue weighted by Crippen LogP contribution is 2.07. The molecule has 0 aromatic rings. The van der Waals surface area contributed by atoms with E-state index in [0.29, 0.717) is 0 Å². The molecular formula is C5H12N4. The second-order valence-electron chi connectivity index (χ2n) is 2.99. The number of hydrazone groups is 1. The van der Waals surface area contributed by atoms with Crippen LogP contribution < -0.4 is 11.0 Å². The molecule has 0 saturated heterocycles. The first-order valence-electron chi connectivity index (χ1n) is 2.94. The minimum Gasteiger partial charge on any atom is -0.288 e. The number of hydrogen-bond acceptors (Lipinski definition) is 4. The topological polar surface area (TPSA) is 39.7 Å². The van der Waals surface area contributed by atoms with E-state index in [1.54, 1.807) is 6.34 Å². The Bertz CT molecular complexity index is 115. The van der Waals surface area contributed by atoms with E-state index < -0.39 is 0 Å². The molecule has 1 heterocycles. The smallest absolute Gasteiger partial charge is 0.126 e. The van der Waals surface area contributed by atoms with E-state index in [4.69, 9.17) is 0 Å². The Balaban J connectivity index is 2.46. The third-order valence-electron chi connectivity index (χ3n) is 1.08. The Morgan fingerprint density at radius 1 is 1.44 bits per heavy atom. The van der Waals surface area contributed by atoms with Crippen molar-refractivity contribution in [2.24, 2.45) is 5.10 Å². The lowest BCUT2D eigenvalue weighted by Gasteiger charge is -2.29. The maximum absolute atomic E-state index is 3.77. The van der Waals surface area contributed by atoms with Gasteiger partial charge in [0.05, 0.1) is 5.54 Å². The van der Waals surface area contributed by atoms with Gasteiger partial charge >= 0.3 is 0 Å². The van der Waals surface area contributed by atoms with Crippen LogP contribution in [0.25, 0.3) is 0 Å². The third-order valence-corrected chi connectivity index (χ3v) is 1.08. The Morgan fingerprint density at radius 2 is 2.11 bits per heavy atom. The summed E-state index contributed by atoms with van der Waals surface area (Å²) < 4.78 is 0. The maximum Gasteiger partial charge on any atom is 0.126 e. The third kappa shape index (κ3) is 1.32. The first-order chi connectivity index (χ1) is 4.11. The summed E-state index contributed by atoms with van der Waals surface area (Å²) in [5.41, 5.74) is 5.78. The quantitative estimate of drug-likeness (QED) is 0.484. The number of hydrogen-bond donors (Lipinski definition) is 2. The maximum atomic E-state index is 3.77. The van der Waals surface area contributed by atoms with Gasteiger partial charge in [-0.25, -0.2) is 5.53 Å². The zero-order chi connectivity index (χ0) is 6.91. The van der Waals surface area contributed by atoms with Crippen LogP contribution in [-0.2, 0) is 0 Å². The first kappa shape index (κ1) is 6.35. The molecule has 0 aromatic carbocycles. The Morgan fingerprint density at radius 3 is 2.33 bits per heavy atom. The molecule has 1 rings (SSSR count). The van der Waals surface area contributed by atoms with Crippen LogP contribution >= 0.6 is 0 Å². The SMILES string of the molecule is CC(C)(C)N1NC=NN1. The first-order valence-corrected chi connectivity index (χ1v) is 2.94. The van der Waals surface area contributed by atoms with Crippen LogP contribution in [0.4, 0.5) is 0 Å². The van der Waals surface area contributed by atoms with Gasteiger partial charge in [0.15, 0.2) is 0 Å². The molecule has 1 aliphatic heterocycles. The average Bonchev–Trinajstić information content (AvgIpc) is 2.08. The molecule has 0 radical (unpaired) electrons. The molecule has 4 nitrogen and oxygen atoms in total. The lowest BCUT2D eigenvalue weighted by Crippen LogP contribution is -2.51. The standard InChI is InChI=1S/C5H12N4/c1-5(2,3)9-7-4-6-8-9/h4,8H,1-3H3,(H,6,7). The summed E-state index contributed by atoms with van der Waals surface area (Å²) in [7, 11) is 0. The van der Waals surface area contributed by atoms with Crippen LogP contribution in [0, 0.1) is 0 Å². The average molecular weight is 128 g/mol. The summed E-state index contributed by atoms with van der Waals surface area (Å²) in [6, 6.07) is 0. The zero-order valence-corrected chi connectivity index (χ0v) is 5.97. The Hall–Kier alpha value is -0.770. The van der Waals surface area contributed by atoms with E-state index in [-0.39, 0.29) is 5.54 Å². The molecule has 0 fully saturated rings. The summed E-state index contributed by atoms with van der Waals surface area (Å²) >= 11 is 0. The van der Waals surface area contributed by atoms with Gasteiger partial charge in [0.25, 0.3) is 0 Å². The summed E-state index contributed by atoms with van der Waals surface area (Å²) in [6.07, 6.45) is 1.62. The molecule has 1 aliphatic rings. The second kappa shape index (κ2) is 1.88. The van der Waals surface area contributed by atoms with Gasteiger partial charge in [-0.1, -0.05) is 0 Å². The van der Waals surface area contributed by atoms with Crippen LogP contribution in [0.5, 0.6) is 0 Å². The molecule has 2 N–H and O–H groups in total. The van der Waals surface area contributed by atoms with Crippen molar-refractivity contribution in [2.75, 3.05) is 0 Å². The van der Waals surface area contributed by atoms with Gasteiger partial charge in [0.1, 0.15) is 6.34 Å². The van der Waals surface area contributed by atoms with Crippen LogP contribution in [0.3, 0.4) is 0 Å². The molecule has 0 saturated carbocycles. The summed E-state index contributed by atoms with van der Waals surface area (Å²) in [4.78, 5) is 0. The lowest BCUT2D eigenvalue weighted by atomic mass is 10.1. The lowest BCUT2D eigenvalue weighted by molar-refractivity contribution is 0.0613. The highest BCUT2D eigenvalue weighted by molar-refractivity contribution is 5.54. The van der Waals surface area contributed by atoms with Crippen LogP contribution in [0.1, 0.15) is 20.8 Å². The fraction of sp³-hybridized carbons (Fsp3) is 0.800. The highest BCUT2D eigenvalue weighted by atomic mass is 15.9. The van der Waals surface area contributed by atoms with Gasteiger partial charge in [0.2, 0.25) is 0 Å². The van der Waals surface area contributed by atoms with Gasteiger partial charge in [0, 0.05) is 0 Å². The molecule has 9 heavy (non-hydrogen) atoms. The van der Waals surface area contributed by atoms with Gasteiger partial charge in [-0.15, -0.1) is 5.12 Å². The number of hydrazine groups is 2. The molecule has 0 bridgehead atoms. The fourth-order valence-corrected chi connectivity index (χ4v) is 0.546. The zero-order valence-electron chi connectivity index (χ0n) is 5.97. The van der Waals surface area contributed by atoms with Crippen molar-refractivity contribution < 1.29 is 0 Å². The Kier molecular flexibility index (Phi) is 1.32. The number of nitrogens with zero attached hydrogens (tertiary/aromatic N) is 2. The van der Waals surface area contributed by atoms with Gasteiger partial charge in [-0.05, 0) is 20.8 Å². The molecule has 52 valence electrons. The van der Waals surface area contributed by atoms with Crippen molar-refractivity contribution in [1.29, 1.82) is 0 Å². The van der Waals surface area contributed by atoms with Gasteiger partial charge < -0.3 is 0 Å². The largest absolute Gasteiger partial charge is 0.288 e. The van der Waals surface area contributed by atoms with Crippen LogP contribution in [-0.4, -0.2) is 17.0 Å². The second-order valence-corrected chi connectivity index (χ2v) is 2.99. The van der Waals surface area contributed by atoms with Crippen molar-refractivity contribution in [2.45, 2.75) is 26.3 Å². The molecule has 0 unspecified atom stereocenters. The van der Waals surface area contributed by atoms with E-state index in [9.17, 15) is 0 Å². The van der Waals surface area contributed by atoms with Crippen LogP contribution in [0.2, 0.25) is 0 Å². The van der Waals surface area contributed by atoms with Crippen molar-refractivity contribution in [3.63, 3.8) is 0 Å². The number of rotatable bonds is 0. The molecule has 0 aromatic heterocycles. The minimum absolute atomic E-state index is 0.0660. The molecular weight excluding hydrogens is 116 g/mol. The van der Waals surface area contributed by atoms with Gasteiger partial charge in [-0.2, -0.15) is 5.10 Å². The monoisotopic (exact) mass is 128 g/mol. The molecule has 0 atom stereocenters. The number of nitrogens with one attached hydrogen (secondary N) is 2. The van der Waals surface area contributed by atoms with E-state index in [1.165, 1.54) is 0 Å². The van der Waals surface area contributed by atoms with E-state index in [0.717, 1.165) is 0 Å².